The average Bonchev–Trinajstić information content (AvgIpc) is 2.68. The van der Waals surface area contributed by atoms with Crippen molar-refractivity contribution in [3.05, 3.63) is 46.5 Å². The fourth-order valence-corrected chi connectivity index (χ4v) is 10.1. The van der Waals surface area contributed by atoms with Crippen LogP contribution < -0.4 is 20.4 Å². The molecule has 0 saturated heterocycles. The summed E-state index contributed by atoms with van der Waals surface area (Å²) >= 11 is 15.6. The van der Waals surface area contributed by atoms with Crippen molar-refractivity contribution in [2.24, 2.45) is 0 Å². The summed E-state index contributed by atoms with van der Waals surface area (Å²) in [6, 6.07) is 8.90. The predicted octanol–water partition coefficient (Wildman–Crippen LogP) is 9.02. The molecule has 0 saturated carbocycles. The first-order valence-corrected chi connectivity index (χ1v) is 17.5. The van der Waals surface area contributed by atoms with Gasteiger partial charge in [-0.05, 0) is 0 Å². The monoisotopic (exact) mass is 566 g/mol. The Morgan fingerprint density at radius 3 is 0.892 bits per heavy atom. The van der Waals surface area contributed by atoms with Crippen LogP contribution in [-0.4, -0.2) is 28.2 Å². The van der Waals surface area contributed by atoms with E-state index in [1.807, 2.05) is 0 Å². The summed E-state index contributed by atoms with van der Waals surface area (Å²) in [5, 5.41) is 2.23. The van der Waals surface area contributed by atoms with E-state index in [1.165, 1.54) is 33.6 Å². The molecule has 0 bridgehead atoms. The van der Waals surface area contributed by atoms with E-state index < -0.39 is 5.97 Å². The summed E-state index contributed by atoms with van der Waals surface area (Å²) in [4.78, 5) is 4.44. The van der Waals surface area contributed by atoms with Crippen molar-refractivity contribution >= 4 is 50.4 Å². The molecule has 0 aliphatic rings. The maximum atomic E-state index is 7.79. The van der Waals surface area contributed by atoms with Crippen molar-refractivity contribution < 1.29 is 0 Å². The zero-order valence-electron chi connectivity index (χ0n) is 26.5. The van der Waals surface area contributed by atoms with E-state index in [1.54, 1.807) is 0 Å². The summed E-state index contributed by atoms with van der Waals surface area (Å²) in [5.74, 6) is -3.19. The molecular weight excluding hydrogens is 514 g/mol. The van der Waals surface area contributed by atoms with Gasteiger partial charge in [-0.15, -0.1) is 0 Å². The van der Waals surface area contributed by atoms with Gasteiger partial charge in [-0.2, -0.15) is 0 Å². The molecule has 0 atom stereocenters. The third-order valence-corrected chi connectivity index (χ3v) is 11.6. The first-order valence-electron chi connectivity index (χ1n) is 13.4. The van der Waals surface area contributed by atoms with Crippen LogP contribution in [0.15, 0.2) is 24.3 Å². The molecule has 0 spiro atoms. The van der Waals surface area contributed by atoms with Crippen LogP contribution in [0.4, 0.5) is 11.4 Å². The van der Waals surface area contributed by atoms with Crippen molar-refractivity contribution in [2.45, 2.75) is 105 Å². The van der Waals surface area contributed by atoms with E-state index in [9.17, 15) is 0 Å². The molecule has 37 heavy (non-hydrogen) atoms. The van der Waals surface area contributed by atoms with Crippen LogP contribution in [0.5, 0.6) is 0 Å². The van der Waals surface area contributed by atoms with Crippen molar-refractivity contribution in [1.29, 1.82) is 0 Å². The number of anilines is 2. The number of hydrogen-bond acceptors (Lipinski definition) is 2. The molecule has 2 rings (SSSR count). The molecule has 0 radical (unpaired) electrons. The van der Waals surface area contributed by atoms with Crippen LogP contribution in [0.3, 0.4) is 0 Å². The second-order valence-corrected chi connectivity index (χ2v) is 21.3. The molecule has 0 fully saturated rings. The Hall–Kier alpha value is -0.950. The first kappa shape index (κ1) is 32.3. The van der Waals surface area contributed by atoms with Gasteiger partial charge in [0.25, 0.3) is 0 Å². The van der Waals surface area contributed by atoms with E-state index in [0.717, 1.165) is 10.6 Å². The number of nitrogens with zero attached hydrogens (tertiary/aromatic N) is 2. The molecule has 2 nitrogen and oxygen atoms in total. The predicted molar refractivity (Wildman–Crippen MR) is 176 cm³/mol. The number of rotatable bonds is 4. The van der Waals surface area contributed by atoms with Crippen molar-refractivity contribution in [2.75, 3.05) is 38.0 Å². The van der Waals surface area contributed by atoms with Crippen LogP contribution in [0.2, 0.25) is 0 Å². The van der Waals surface area contributed by atoms with Crippen LogP contribution in [-0.2, 0) is 21.7 Å². The summed E-state index contributed by atoms with van der Waals surface area (Å²) < 4.78 is 0. The Kier molecular flexibility index (Phi) is 8.91. The van der Waals surface area contributed by atoms with Crippen LogP contribution in [0.25, 0.3) is 0 Å². The van der Waals surface area contributed by atoms with Gasteiger partial charge in [0.15, 0.2) is 0 Å². The molecule has 210 valence electrons. The van der Waals surface area contributed by atoms with Gasteiger partial charge in [0.05, 0.1) is 0 Å². The molecule has 0 heterocycles. The van der Waals surface area contributed by atoms with Gasteiger partial charge in [-0.3, -0.25) is 0 Å². The first-order chi connectivity index (χ1) is 16.3. The molecule has 0 aliphatic carbocycles. The maximum absolute atomic E-state index is 7.79. The molecule has 0 aliphatic heterocycles. The number of halogens is 2. The summed E-state index contributed by atoms with van der Waals surface area (Å²) in [6.45, 7) is 27.5. The van der Waals surface area contributed by atoms with E-state index in [2.05, 4.69) is 145 Å². The molecular formula is C32H53Cl2N2P. The topological polar surface area (TPSA) is 6.48 Å². The second kappa shape index (κ2) is 10.2. The van der Waals surface area contributed by atoms with E-state index >= 15 is 0 Å². The quantitative estimate of drug-likeness (QED) is 0.340. The van der Waals surface area contributed by atoms with Gasteiger partial charge in [-0.25, -0.2) is 0 Å². The van der Waals surface area contributed by atoms with Gasteiger partial charge in [0.1, 0.15) is 0 Å². The normalized spacial score (nSPS) is 14.1. The minimum atomic E-state index is -3.19. The minimum absolute atomic E-state index is 0.0747. The molecule has 0 amide bonds. The molecule has 5 heteroatoms. The fraction of sp³-hybridized carbons (Fsp3) is 0.625. The molecule has 2 aromatic rings. The van der Waals surface area contributed by atoms with Crippen molar-refractivity contribution in [3.63, 3.8) is 0 Å². The van der Waals surface area contributed by atoms with E-state index in [-0.39, 0.29) is 21.7 Å². The summed E-state index contributed by atoms with van der Waals surface area (Å²) in [5.41, 5.74) is 7.28. The van der Waals surface area contributed by atoms with Gasteiger partial charge in [-0.1, -0.05) is 0 Å². The SMILES string of the molecule is CN(C)c1ccc([PH](Cl)(Cl)c2ccc(N(C)C)c(C(C)(C)C)c2C(C)(C)C)c(C(C)(C)C)c1C(C)(C)C. The summed E-state index contributed by atoms with van der Waals surface area (Å²) in [6.07, 6.45) is 0. The van der Waals surface area contributed by atoms with E-state index in [0.29, 0.717) is 0 Å². The Morgan fingerprint density at radius 1 is 0.459 bits per heavy atom. The fourth-order valence-electron chi connectivity index (χ4n) is 5.67. The third-order valence-electron chi connectivity index (χ3n) is 7.01. The van der Waals surface area contributed by atoms with Crippen molar-refractivity contribution in [3.8, 4) is 0 Å². The van der Waals surface area contributed by atoms with Crippen molar-refractivity contribution in [1.82, 2.24) is 0 Å². The number of hydrogen-bond donors (Lipinski definition) is 0. The van der Waals surface area contributed by atoms with Crippen LogP contribution in [0.1, 0.15) is 105 Å². The van der Waals surface area contributed by atoms with Gasteiger partial charge in [0.2, 0.25) is 0 Å². The van der Waals surface area contributed by atoms with Gasteiger partial charge >= 0.3 is 240 Å². The van der Waals surface area contributed by atoms with E-state index in [4.69, 9.17) is 22.5 Å². The molecule has 0 unspecified atom stereocenters. The summed E-state index contributed by atoms with van der Waals surface area (Å²) in [7, 11) is 8.48. The number of benzene rings is 2. The van der Waals surface area contributed by atoms with Gasteiger partial charge in [0, 0.05) is 0 Å². The zero-order valence-corrected chi connectivity index (χ0v) is 29.0. The second-order valence-electron chi connectivity index (χ2n) is 15.1. The Balaban J connectivity index is 3.19. The molecule has 2 aromatic carbocycles. The standard InChI is InChI=1S/C32H53Cl2N2P/c1-29(2,3)25-21(35(13)14)17-19-23(27(25)31(7,8)9)37(33,34)24-20-18-22(36(15)16)26(30(4,5)6)28(24)32(10,11)12/h17-20,37H,1-16H3. The Bertz CT molecular complexity index is 1050. The third kappa shape index (κ3) is 6.45. The molecule has 0 aromatic heterocycles. The zero-order chi connectivity index (χ0) is 29.1. The molecule has 0 N–H and O–H groups in total. The Labute approximate surface area is 239 Å². The van der Waals surface area contributed by atoms with Gasteiger partial charge < -0.3 is 0 Å². The van der Waals surface area contributed by atoms with Crippen LogP contribution in [0, 0.1) is 0 Å². The van der Waals surface area contributed by atoms with Crippen LogP contribution >= 0.6 is 28.4 Å². The average molecular weight is 568 g/mol. The Morgan fingerprint density at radius 2 is 0.703 bits per heavy atom.